The number of thiophene rings is 1. The van der Waals surface area contributed by atoms with E-state index in [2.05, 4.69) is 34.1 Å². The molecule has 52 heavy (non-hydrogen) atoms. The number of hydrogen-bond donors (Lipinski definition) is 5. The van der Waals surface area contributed by atoms with Gasteiger partial charge in [0.15, 0.2) is 11.6 Å². The van der Waals surface area contributed by atoms with Crippen LogP contribution in [0.4, 0.5) is 4.39 Å². The summed E-state index contributed by atoms with van der Waals surface area (Å²) in [5.74, 6) is -6.46. The SMILES string of the molecule is O=C(O)C(=O)O.O=C(O)C(=O)O.Oc1ccc2c(Cc3ccc(OCCN4CCCC4)cc3)c(-c3ccc(OCCN4CCCC4)cc3)sc2c1F. The highest BCUT2D eigenvalue weighted by atomic mass is 32.1. The number of phenolic OH excluding ortho intramolecular Hbond substituents is 1. The molecular weight excluding hydrogens is 699 g/mol. The van der Waals surface area contributed by atoms with E-state index in [-0.39, 0.29) is 5.75 Å². The number of phenols is 1. The topological polar surface area (TPSA) is 194 Å². The number of carboxylic acid groups (broad SMARTS) is 4. The molecule has 0 spiro atoms. The Balaban J connectivity index is 0.000000436. The van der Waals surface area contributed by atoms with E-state index in [1.54, 1.807) is 0 Å². The largest absolute Gasteiger partial charge is 0.505 e. The van der Waals surface area contributed by atoms with Gasteiger partial charge in [-0.2, -0.15) is 0 Å². The summed E-state index contributed by atoms with van der Waals surface area (Å²) < 4.78 is 27.4. The van der Waals surface area contributed by atoms with E-state index >= 15 is 0 Å². The van der Waals surface area contributed by atoms with Crippen LogP contribution in [0.2, 0.25) is 0 Å². The fourth-order valence-electron chi connectivity index (χ4n) is 5.79. The second-order valence-electron chi connectivity index (χ2n) is 12.0. The number of hydrogen-bond acceptors (Lipinski definition) is 10. The van der Waals surface area contributed by atoms with Crippen LogP contribution < -0.4 is 9.47 Å². The minimum absolute atomic E-state index is 0.316. The van der Waals surface area contributed by atoms with Crippen molar-refractivity contribution in [2.24, 2.45) is 0 Å². The number of carbonyl (C=O) groups is 4. The third-order valence-electron chi connectivity index (χ3n) is 8.42. The molecular formula is C37H41FN2O11S. The maximum atomic E-state index is 15.0. The highest BCUT2D eigenvalue weighted by Gasteiger charge is 2.19. The van der Waals surface area contributed by atoms with Gasteiger partial charge in [-0.25, -0.2) is 23.6 Å². The average molecular weight is 741 g/mol. The number of halogens is 1. The molecule has 0 amide bonds. The van der Waals surface area contributed by atoms with E-state index < -0.39 is 29.7 Å². The van der Waals surface area contributed by atoms with Crippen LogP contribution in [0.1, 0.15) is 36.8 Å². The number of aromatic hydroxyl groups is 1. The van der Waals surface area contributed by atoms with Crippen LogP contribution >= 0.6 is 11.3 Å². The average Bonchev–Trinajstić information content (AvgIpc) is 3.91. The van der Waals surface area contributed by atoms with Gasteiger partial charge in [-0.3, -0.25) is 9.80 Å². The van der Waals surface area contributed by atoms with Gasteiger partial charge in [0.05, 0.1) is 4.70 Å². The van der Waals surface area contributed by atoms with Crippen molar-refractivity contribution in [2.45, 2.75) is 32.1 Å². The molecule has 3 heterocycles. The lowest BCUT2D eigenvalue weighted by molar-refractivity contribution is -0.159. The first kappa shape index (κ1) is 39.5. The zero-order valence-electron chi connectivity index (χ0n) is 28.3. The van der Waals surface area contributed by atoms with Gasteiger partial charge in [-0.1, -0.05) is 12.1 Å². The fraction of sp³-hybridized carbons (Fsp3) is 0.351. The molecule has 0 atom stereocenters. The Hall–Kier alpha value is -5.25. The zero-order valence-corrected chi connectivity index (χ0v) is 29.1. The molecule has 4 aromatic rings. The number of nitrogens with zero attached hydrogens (tertiary/aromatic N) is 2. The van der Waals surface area contributed by atoms with Gasteiger partial charge in [0, 0.05) is 18.0 Å². The number of carboxylic acids is 4. The van der Waals surface area contributed by atoms with E-state index in [9.17, 15) is 9.50 Å². The van der Waals surface area contributed by atoms with Gasteiger partial charge < -0.3 is 35.0 Å². The summed E-state index contributed by atoms with van der Waals surface area (Å²) in [5, 5.41) is 40.4. The van der Waals surface area contributed by atoms with Crippen molar-refractivity contribution in [1.82, 2.24) is 9.80 Å². The smallest absolute Gasteiger partial charge is 0.414 e. The number of ether oxygens (including phenoxy) is 2. The van der Waals surface area contributed by atoms with Gasteiger partial charge in [0.1, 0.15) is 24.7 Å². The van der Waals surface area contributed by atoms with Gasteiger partial charge >= 0.3 is 23.9 Å². The van der Waals surface area contributed by atoms with E-state index in [0.717, 1.165) is 64.6 Å². The molecule has 0 saturated carbocycles. The summed E-state index contributed by atoms with van der Waals surface area (Å²) in [7, 11) is 0. The lowest BCUT2D eigenvalue weighted by atomic mass is 9.98. The van der Waals surface area contributed by atoms with Gasteiger partial charge in [-0.05, 0) is 129 Å². The van der Waals surface area contributed by atoms with Gasteiger partial charge in [-0.15, -0.1) is 11.3 Å². The lowest BCUT2D eigenvalue weighted by Crippen LogP contribution is -2.25. The molecule has 2 aliphatic rings. The summed E-state index contributed by atoms with van der Waals surface area (Å²) in [6, 6.07) is 19.6. The number of aliphatic carboxylic acids is 4. The van der Waals surface area contributed by atoms with Crippen LogP contribution in [-0.2, 0) is 25.6 Å². The van der Waals surface area contributed by atoms with E-state index in [4.69, 9.17) is 49.1 Å². The Morgan fingerprint density at radius 2 is 1.10 bits per heavy atom. The molecule has 5 N–H and O–H groups in total. The predicted octanol–water partition coefficient (Wildman–Crippen LogP) is 5.26. The fourth-order valence-corrected chi connectivity index (χ4v) is 7.04. The maximum absolute atomic E-state index is 15.0. The Labute approximate surface area is 303 Å². The van der Waals surface area contributed by atoms with Crippen LogP contribution in [0.25, 0.3) is 20.5 Å². The second kappa shape index (κ2) is 19.4. The molecule has 2 fully saturated rings. The third-order valence-corrected chi connectivity index (χ3v) is 9.71. The first-order chi connectivity index (χ1) is 24.9. The molecule has 6 rings (SSSR count). The van der Waals surface area contributed by atoms with Crippen LogP contribution in [0, 0.1) is 5.82 Å². The zero-order chi connectivity index (χ0) is 37.6. The van der Waals surface area contributed by atoms with Crippen LogP contribution in [0.3, 0.4) is 0 Å². The molecule has 0 bridgehead atoms. The third kappa shape index (κ3) is 11.6. The predicted molar refractivity (Wildman–Crippen MR) is 191 cm³/mol. The Kier molecular flexibility index (Phi) is 14.7. The summed E-state index contributed by atoms with van der Waals surface area (Å²) >= 11 is 1.39. The molecule has 15 heteroatoms. The van der Waals surface area contributed by atoms with Crippen molar-refractivity contribution >= 4 is 45.3 Å². The van der Waals surface area contributed by atoms with E-state index in [1.807, 2.05) is 30.3 Å². The van der Waals surface area contributed by atoms with Crippen molar-refractivity contribution in [1.29, 1.82) is 0 Å². The quantitative estimate of drug-likeness (QED) is 0.125. The standard InChI is InChI=1S/C33H37FN2O3S.2C2H2O4/c34-31-30(37)14-13-28-29(23-24-5-9-26(10-6-24)38-21-19-35-15-1-2-16-35)32(40-33(28)31)25-7-11-27(12-8-25)39-22-20-36-17-3-4-18-36;2*3-1(4)2(5)6/h5-14,37H,1-4,15-23H2;2*(H,3,4)(H,5,6). The Morgan fingerprint density at radius 3 is 1.54 bits per heavy atom. The molecule has 2 saturated heterocycles. The Morgan fingerprint density at radius 1 is 0.654 bits per heavy atom. The highest BCUT2D eigenvalue weighted by Crippen LogP contribution is 2.43. The molecule has 0 unspecified atom stereocenters. The second-order valence-corrected chi connectivity index (χ2v) is 13.1. The molecule has 1 aromatic heterocycles. The van der Waals surface area contributed by atoms with Crippen molar-refractivity contribution in [3.05, 3.63) is 77.6 Å². The van der Waals surface area contributed by atoms with Gasteiger partial charge in [0.2, 0.25) is 0 Å². The van der Waals surface area contributed by atoms with Crippen molar-refractivity contribution in [2.75, 3.05) is 52.5 Å². The Bertz CT molecular complexity index is 1770. The van der Waals surface area contributed by atoms with Gasteiger partial charge in [0.25, 0.3) is 0 Å². The van der Waals surface area contributed by atoms with E-state index in [1.165, 1.54) is 56.2 Å². The van der Waals surface area contributed by atoms with Crippen molar-refractivity contribution in [3.8, 4) is 27.7 Å². The first-order valence-corrected chi connectivity index (χ1v) is 17.5. The van der Waals surface area contributed by atoms with Crippen LogP contribution in [0.5, 0.6) is 17.2 Å². The number of fused-ring (bicyclic) bond motifs is 1. The molecule has 13 nitrogen and oxygen atoms in total. The van der Waals surface area contributed by atoms with Crippen molar-refractivity contribution < 1.29 is 58.6 Å². The number of likely N-dealkylation sites (tertiary alicyclic amines) is 2. The normalized spacial score (nSPS) is 14.2. The molecule has 2 aliphatic heterocycles. The van der Waals surface area contributed by atoms with E-state index in [0.29, 0.717) is 24.3 Å². The summed E-state index contributed by atoms with van der Waals surface area (Å²) in [6.07, 6.45) is 5.78. The minimum Gasteiger partial charge on any atom is -0.505 e. The maximum Gasteiger partial charge on any atom is 0.414 e. The number of benzene rings is 3. The molecule has 278 valence electrons. The summed E-state index contributed by atoms with van der Waals surface area (Å²) in [4.78, 5) is 42.3. The first-order valence-electron chi connectivity index (χ1n) is 16.7. The molecule has 3 aromatic carbocycles. The van der Waals surface area contributed by atoms with Crippen molar-refractivity contribution in [3.63, 3.8) is 0 Å². The number of rotatable bonds is 11. The molecule has 0 aliphatic carbocycles. The highest BCUT2D eigenvalue weighted by molar-refractivity contribution is 7.22. The summed E-state index contributed by atoms with van der Waals surface area (Å²) in [6.45, 7) is 7.96. The lowest BCUT2D eigenvalue weighted by Gasteiger charge is -2.15. The summed E-state index contributed by atoms with van der Waals surface area (Å²) in [5.41, 5.74) is 3.20. The van der Waals surface area contributed by atoms with Crippen LogP contribution in [0.15, 0.2) is 60.7 Å². The monoisotopic (exact) mass is 740 g/mol. The molecule has 0 radical (unpaired) electrons. The minimum atomic E-state index is -1.82. The van der Waals surface area contributed by atoms with Crippen LogP contribution in [-0.4, -0.2) is 112 Å².